The van der Waals surface area contributed by atoms with Crippen LogP contribution in [0.1, 0.15) is 17.2 Å². The van der Waals surface area contributed by atoms with Gasteiger partial charge in [-0.2, -0.15) is 0 Å². The molecule has 30 heavy (non-hydrogen) atoms. The van der Waals surface area contributed by atoms with E-state index in [0.717, 1.165) is 0 Å². The summed E-state index contributed by atoms with van der Waals surface area (Å²) >= 11 is 6.07. The molecule has 2 aromatic rings. The molecule has 1 aliphatic rings. The van der Waals surface area contributed by atoms with Crippen LogP contribution in [0.3, 0.4) is 0 Å². The summed E-state index contributed by atoms with van der Waals surface area (Å²) < 4.78 is 18.8. The van der Waals surface area contributed by atoms with E-state index in [0.29, 0.717) is 22.9 Å². The number of benzene rings is 2. The first-order valence-electron chi connectivity index (χ1n) is 9.27. The Kier molecular flexibility index (Phi) is 6.43. The van der Waals surface area contributed by atoms with Crippen LogP contribution >= 0.6 is 11.6 Å². The lowest BCUT2D eigenvalue weighted by Crippen LogP contribution is -2.35. The largest absolute Gasteiger partial charge is 0.507 e. The van der Waals surface area contributed by atoms with E-state index in [1.54, 1.807) is 12.1 Å². The Balaban J connectivity index is 2.20. The highest BCUT2D eigenvalue weighted by atomic mass is 35.5. The molecule has 1 heterocycles. The molecule has 0 radical (unpaired) electrons. The third-order valence-electron chi connectivity index (χ3n) is 4.93. The van der Waals surface area contributed by atoms with Crippen molar-refractivity contribution in [3.8, 4) is 5.75 Å². The van der Waals surface area contributed by atoms with E-state index in [2.05, 4.69) is 0 Å². The Morgan fingerprint density at radius 3 is 2.47 bits per heavy atom. The van der Waals surface area contributed by atoms with Crippen LogP contribution in [-0.2, 0) is 9.59 Å². The van der Waals surface area contributed by atoms with Crippen molar-refractivity contribution in [3.63, 3.8) is 0 Å². The van der Waals surface area contributed by atoms with E-state index in [-0.39, 0.29) is 17.7 Å². The molecule has 1 aliphatic heterocycles. The fraction of sp³-hybridized carbons (Fsp3) is 0.273. The van der Waals surface area contributed by atoms with Crippen molar-refractivity contribution in [2.24, 2.45) is 0 Å². The molecule has 0 spiro atoms. The number of likely N-dealkylation sites (tertiary alicyclic amines) is 1. The minimum Gasteiger partial charge on any atom is -0.507 e. The monoisotopic (exact) mass is 432 g/mol. The Morgan fingerprint density at radius 2 is 1.87 bits per heavy atom. The molecular weight excluding hydrogens is 411 g/mol. The van der Waals surface area contributed by atoms with Gasteiger partial charge < -0.3 is 19.6 Å². The highest BCUT2D eigenvalue weighted by Crippen LogP contribution is 2.41. The molecule has 158 valence electrons. The lowest BCUT2D eigenvalue weighted by atomic mass is 9.95. The number of ketones is 1. The molecule has 1 amide bonds. The first-order valence-corrected chi connectivity index (χ1v) is 9.65. The van der Waals surface area contributed by atoms with Gasteiger partial charge >= 0.3 is 0 Å². The lowest BCUT2D eigenvalue weighted by Gasteiger charge is -2.26. The Hall–Kier alpha value is -2.90. The second kappa shape index (κ2) is 8.85. The first-order chi connectivity index (χ1) is 14.2. The van der Waals surface area contributed by atoms with Crippen molar-refractivity contribution in [2.75, 3.05) is 34.3 Å². The van der Waals surface area contributed by atoms with Crippen molar-refractivity contribution in [1.29, 1.82) is 0 Å². The van der Waals surface area contributed by atoms with E-state index in [1.165, 1.54) is 42.3 Å². The van der Waals surface area contributed by atoms with Gasteiger partial charge in [-0.05, 0) is 50.0 Å². The van der Waals surface area contributed by atoms with Crippen molar-refractivity contribution in [3.05, 3.63) is 70.0 Å². The predicted octanol–water partition coefficient (Wildman–Crippen LogP) is 3.47. The van der Waals surface area contributed by atoms with E-state index >= 15 is 0 Å². The topological polar surface area (TPSA) is 70.1 Å². The molecular formula is C22H22ClFN2O4. The quantitative estimate of drug-likeness (QED) is 0.430. The van der Waals surface area contributed by atoms with Crippen molar-refractivity contribution in [1.82, 2.24) is 9.80 Å². The number of amides is 1. The minimum atomic E-state index is -0.866. The van der Waals surface area contributed by atoms with Crippen molar-refractivity contribution >= 4 is 29.1 Å². The fourth-order valence-electron chi connectivity index (χ4n) is 3.42. The molecule has 1 N–H and O–H groups in total. The highest BCUT2D eigenvalue weighted by molar-refractivity contribution is 6.46. The Bertz CT molecular complexity index is 1000. The van der Waals surface area contributed by atoms with Crippen LogP contribution in [0.15, 0.2) is 48.0 Å². The molecule has 1 fully saturated rings. The molecule has 8 heteroatoms. The summed E-state index contributed by atoms with van der Waals surface area (Å²) in [6.07, 6.45) is 0. The zero-order chi connectivity index (χ0) is 22.0. The maximum absolute atomic E-state index is 13.5. The van der Waals surface area contributed by atoms with E-state index < -0.39 is 29.3 Å². The van der Waals surface area contributed by atoms with Gasteiger partial charge in [0.2, 0.25) is 0 Å². The smallest absolute Gasteiger partial charge is 0.295 e. The molecule has 1 atom stereocenters. The molecule has 3 rings (SSSR count). The summed E-state index contributed by atoms with van der Waals surface area (Å²) in [5, 5.41) is 11.4. The number of hydrogen-bond acceptors (Lipinski definition) is 5. The average molecular weight is 433 g/mol. The molecule has 6 nitrogen and oxygen atoms in total. The fourth-order valence-corrected chi connectivity index (χ4v) is 3.59. The van der Waals surface area contributed by atoms with Gasteiger partial charge in [-0.25, -0.2) is 4.39 Å². The summed E-state index contributed by atoms with van der Waals surface area (Å²) in [4.78, 5) is 29.0. The summed E-state index contributed by atoms with van der Waals surface area (Å²) in [6.45, 7) is 0.758. The van der Waals surface area contributed by atoms with Crippen LogP contribution in [0.2, 0.25) is 5.02 Å². The second-order valence-corrected chi connectivity index (χ2v) is 7.63. The van der Waals surface area contributed by atoms with Gasteiger partial charge in [0.25, 0.3) is 11.7 Å². The summed E-state index contributed by atoms with van der Waals surface area (Å²) in [6, 6.07) is 9.24. The number of carbonyl (C=O) groups excluding carboxylic acids is 2. The minimum absolute atomic E-state index is 0.0917. The molecule has 1 unspecified atom stereocenters. The number of carbonyl (C=O) groups is 2. The van der Waals surface area contributed by atoms with Gasteiger partial charge in [-0.15, -0.1) is 0 Å². The first kappa shape index (κ1) is 21.8. The zero-order valence-corrected chi connectivity index (χ0v) is 17.6. The normalized spacial score (nSPS) is 18.3. The number of likely N-dealkylation sites (N-methyl/N-ethyl adjacent to an activating group) is 1. The predicted molar refractivity (Wildman–Crippen MR) is 112 cm³/mol. The number of Topliss-reactive ketones (excluding diaryl/α,β-unsaturated/α-hetero) is 1. The van der Waals surface area contributed by atoms with Gasteiger partial charge in [0, 0.05) is 18.1 Å². The second-order valence-electron chi connectivity index (χ2n) is 7.19. The number of aliphatic hydroxyl groups is 1. The van der Waals surface area contributed by atoms with Crippen molar-refractivity contribution in [2.45, 2.75) is 6.04 Å². The van der Waals surface area contributed by atoms with E-state index in [9.17, 15) is 19.1 Å². The third kappa shape index (κ3) is 4.17. The van der Waals surface area contributed by atoms with Gasteiger partial charge in [0.15, 0.2) is 0 Å². The molecule has 0 aromatic heterocycles. The number of halogens is 2. The van der Waals surface area contributed by atoms with Gasteiger partial charge in [-0.3, -0.25) is 9.59 Å². The van der Waals surface area contributed by atoms with Crippen molar-refractivity contribution < 1.29 is 23.8 Å². The summed E-state index contributed by atoms with van der Waals surface area (Å²) in [5.74, 6) is -2.08. The van der Waals surface area contributed by atoms with Crippen LogP contribution in [-0.4, -0.2) is 60.9 Å². The molecule has 0 saturated carbocycles. The average Bonchev–Trinajstić information content (AvgIpc) is 2.97. The van der Waals surface area contributed by atoms with Gasteiger partial charge in [0.1, 0.15) is 17.3 Å². The van der Waals surface area contributed by atoms with E-state index in [1.807, 2.05) is 19.0 Å². The van der Waals surface area contributed by atoms with Crippen LogP contribution in [0.4, 0.5) is 4.39 Å². The lowest BCUT2D eigenvalue weighted by molar-refractivity contribution is -0.140. The SMILES string of the molecule is COc1ccc(Cl)cc1/C(O)=C1\C(=O)C(=O)N(CCN(C)C)C1c1ccc(F)cc1. The standard InChI is InChI=1S/C22H22ClFN2O4/c1-25(2)10-11-26-19(13-4-7-15(24)8-5-13)18(21(28)22(26)29)20(27)16-12-14(23)6-9-17(16)30-3/h4-9,12,19,27H,10-11H2,1-3H3/b20-18+. The van der Waals surface area contributed by atoms with Gasteiger partial charge in [0.05, 0.1) is 24.3 Å². The van der Waals surface area contributed by atoms with Crippen LogP contribution in [0.5, 0.6) is 5.75 Å². The number of rotatable bonds is 6. The van der Waals surface area contributed by atoms with Crippen LogP contribution in [0.25, 0.3) is 5.76 Å². The maximum atomic E-state index is 13.5. The molecule has 0 bridgehead atoms. The Morgan fingerprint density at radius 1 is 1.20 bits per heavy atom. The number of nitrogens with zero attached hydrogens (tertiary/aromatic N) is 2. The highest BCUT2D eigenvalue weighted by Gasteiger charge is 2.46. The Labute approximate surface area is 179 Å². The zero-order valence-electron chi connectivity index (χ0n) is 16.9. The molecule has 1 saturated heterocycles. The van der Waals surface area contributed by atoms with Crippen LogP contribution < -0.4 is 4.74 Å². The van der Waals surface area contributed by atoms with E-state index in [4.69, 9.17) is 16.3 Å². The number of aliphatic hydroxyl groups excluding tert-OH is 1. The number of hydrogen-bond donors (Lipinski definition) is 1. The summed E-state index contributed by atoms with van der Waals surface area (Å²) in [7, 11) is 5.12. The number of ether oxygens (including phenoxy) is 1. The molecule has 0 aliphatic carbocycles. The third-order valence-corrected chi connectivity index (χ3v) is 5.17. The molecule has 2 aromatic carbocycles. The summed E-state index contributed by atoms with van der Waals surface area (Å²) in [5.41, 5.74) is 0.616. The van der Waals surface area contributed by atoms with Crippen LogP contribution in [0, 0.1) is 5.82 Å². The maximum Gasteiger partial charge on any atom is 0.295 e. The van der Waals surface area contributed by atoms with Gasteiger partial charge in [-0.1, -0.05) is 23.7 Å². The number of methoxy groups -OCH3 is 1.